The maximum absolute atomic E-state index is 11.6. The number of hydrogen-bond acceptors (Lipinski definition) is 5. The topological polar surface area (TPSA) is 65.4 Å². The van der Waals surface area contributed by atoms with Crippen LogP contribution in [0.2, 0.25) is 0 Å². The number of nitriles is 1. The molecule has 1 aliphatic heterocycles. The summed E-state index contributed by atoms with van der Waals surface area (Å²) in [6, 6.07) is 11.7. The molecule has 5 nitrogen and oxygen atoms in total. The Kier molecular flexibility index (Phi) is 3.75. The lowest BCUT2D eigenvalue weighted by atomic mass is 10.2. The van der Waals surface area contributed by atoms with E-state index in [2.05, 4.69) is 11.4 Å². The summed E-state index contributed by atoms with van der Waals surface area (Å²) in [6.45, 7) is 1.67. The SMILES string of the molecule is N#Cc1csc(CNc2cccc(N3CCOC3=O)c2)c1. The summed E-state index contributed by atoms with van der Waals surface area (Å²) in [4.78, 5) is 14.3. The molecule has 1 aromatic heterocycles. The molecule has 0 radical (unpaired) electrons. The number of nitrogens with zero attached hydrogens (tertiary/aromatic N) is 2. The standard InChI is InChI=1S/C15H13N3O2S/c16-8-11-6-14(21-10-11)9-17-12-2-1-3-13(7-12)18-4-5-20-15(18)19/h1-3,6-7,10,17H,4-5,9H2. The van der Waals surface area contributed by atoms with Gasteiger partial charge in [-0.15, -0.1) is 11.3 Å². The van der Waals surface area contributed by atoms with Crippen LogP contribution in [0.3, 0.4) is 0 Å². The first-order valence-electron chi connectivity index (χ1n) is 6.52. The number of benzene rings is 1. The number of hydrogen-bond donors (Lipinski definition) is 1. The van der Waals surface area contributed by atoms with Gasteiger partial charge in [-0.05, 0) is 24.3 Å². The van der Waals surface area contributed by atoms with Gasteiger partial charge in [-0.25, -0.2) is 4.79 Å². The van der Waals surface area contributed by atoms with Crippen LogP contribution in [-0.2, 0) is 11.3 Å². The van der Waals surface area contributed by atoms with E-state index in [0.717, 1.165) is 16.3 Å². The smallest absolute Gasteiger partial charge is 0.414 e. The second-order valence-electron chi connectivity index (χ2n) is 4.58. The van der Waals surface area contributed by atoms with Crippen LogP contribution in [0, 0.1) is 11.3 Å². The zero-order valence-electron chi connectivity index (χ0n) is 11.2. The lowest BCUT2D eigenvalue weighted by Gasteiger charge is -2.14. The van der Waals surface area contributed by atoms with Gasteiger partial charge >= 0.3 is 6.09 Å². The highest BCUT2D eigenvalue weighted by atomic mass is 32.1. The van der Waals surface area contributed by atoms with Crippen LogP contribution in [0.15, 0.2) is 35.7 Å². The van der Waals surface area contributed by atoms with Crippen molar-refractivity contribution in [2.75, 3.05) is 23.4 Å². The Hall–Kier alpha value is -2.52. The molecule has 2 aromatic rings. The molecule has 2 heterocycles. The molecular weight excluding hydrogens is 286 g/mol. The number of ether oxygens (including phenoxy) is 1. The quantitative estimate of drug-likeness (QED) is 0.941. The highest BCUT2D eigenvalue weighted by Crippen LogP contribution is 2.23. The third-order valence-corrected chi connectivity index (χ3v) is 4.10. The van der Waals surface area contributed by atoms with Crippen LogP contribution in [0.4, 0.5) is 16.2 Å². The van der Waals surface area contributed by atoms with E-state index in [0.29, 0.717) is 25.3 Å². The van der Waals surface area contributed by atoms with E-state index in [4.69, 9.17) is 10.00 Å². The molecule has 1 fully saturated rings. The first-order chi connectivity index (χ1) is 10.3. The van der Waals surface area contributed by atoms with Crippen molar-refractivity contribution >= 4 is 28.8 Å². The average Bonchev–Trinajstić information content (AvgIpc) is 3.14. The lowest BCUT2D eigenvalue weighted by molar-refractivity contribution is 0.181. The van der Waals surface area contributed by atoms with E-state index < -0.39 is 0 Å². The fraction of sp³-hybridized carbons (Fsp3) is 0.200. The van der Waals surface area contributed by atoms with Gasteiger partial charge in [-0.1, -0.05) is 6.07 Å². The summed E-state index contributed by atoms with van der Waals surface area (Å²) >= 11 is 1.55. The molecule has 0 saturated carbocycles. The van der Waals surface area contributed by atoms with Gasteiger partial charge in [0.05, 0.1) is 12.1 Å². The number of rotatable bonds is 4. The van der Waals surface area contributed by atoms with Crippen LogP contribution in [0.5, 0.6) is 0 Å². The van der Waals surface area contributed by atoms with E-state index in [1.165, 1.54) is 0 Å². The van der Waals surface area contributed by atoms with Crippen LogP contribution >= 0.6 is 11.3 Å². The number of cyclic esters (lactones) is 1. The maximum atomic E-state index is 11.6. The van der Waals surface area contributed by atoms with Crippen molar-refractivity contribution in [2.24, 2.45) is 0 Å². The molecule has 0 atom stereocenters. The molecule has 0 spiro atoms. The number of amides is 1. The monoisotopic (exact) mass is 299 g/mol. The van der Waals surface area contributed by atoms with Gasteiger partial charge in [-0.3, -0.25) is 4.90 Å². The molecule has 0 aliphatic carbocycles. The third kappa shape index (κ3) is 2.98. The van der Waals surface area contributed by atoms with Crippen LogP contribution in [-0.4, -0.2) is 19.2 Å². The Morgan fingerprint density at radius 3 is 3.05 bits per heavy atom. The van der Waals surface area contributed by atoms with E-state index in [-0.39, 0.29) is 6.09 Å². The molecular formula is C15H13N3O2S. The van der Waals surface area contributed by atoms with Crippen LogP contribution in [0.1, 0.15) is 10.4 Å². The molecule has 6 heteroatoms. The van der Waals surface area contributed by atoms with Gasteiger partial charge in [0, 0.05) is 28.2 Å². The third-order valence-electron chi connectivity index (χ3n) is 3.17. The molecule has 1 N–H and O–H groups in total. The second-order valence-corrected chi connectivity index (χ2v) is 5.58. The first-order valence-corrected chi connectivity index (χ1v) is 7.40. The molecule has 1 amide bonds. The predicted octanol–water partition coefficient (Wildman–Crippen LogP) is 3.19. The summed E-state index contributed by atoms with van der Waals surface area (Å²) in [5.41, 5.74) is 2.44. The largest absolute Gasteiger partial charge is 0.447 e. The number of thiophene rings is 1. The number of carbonyl (C=O) groups is 1. The highest BCUT2D eigenvalue weighted by molar-refractivity contribution is 7.10. The fourth-order valence-corrected chi connectivity index (χ4v) is 2.88. The Bertz CT molecular complexity index is 705. The Morgan fingerprint density at radius 1 is 1.43 bits per heavy atom. The molecule has 106 valence electrons. The number of anilines is 2. The van der Waals surface area contributed by atoms with Gasteiger partial charge in [0.15, 0.2) is 0 Å². The van der Waals surface area contributed by atoms with Gasteiger partial charge < -0.3 is 10.1 Å². The van der Waals surface area contributed by atoms with E-state index >= 15 is 0 Å². The summed E-state index contributed by atoms with van der Waals surface area (Å²) in [5, 5.41) is 13.9. The first kappa shape index (κ1) is 13.5. The summed E-state index contributed by atoms with van der Waals surface area (Å²) in [7, 11) is 0. The second kappa shape index (κ2) is 5.85. The summed E-state index contributed by atoms with van der Waals surface area (Å²) in [6.07, 6.45) is -0.302. The summed E-state index contributed by atoms with van der Waals surface area (Å²) < 4.78 is 4.94. The lowest BCUT2D eigenvalue weighted by Crippen LogP contribution is -2.23. The maximum Gasteiger partial charge on any atom is 0.414 e. The van der Waals surface area contributed by atoms with Gasteiger partial charge in [-0.2, -0.15) is 5.26 Å². The minimum Gasteiger partial charge on any atom is -0.447 e. The van der Waals surface area contributed by atoms with E-state index in [1.807, 2.05) is 35.7 Å². The minimum atomic E-state index is -0.302. The molecule has 0 unspecified atom stereocenters. The zero-order chi connectivity index (χ0) is 14.7. The highest BCUT2D eigenvalue weighted by Gasteiger charge is 2.23. The van der Waals surface area contributed by atoms with Gasteiger partial charge in [0.1, 0.15) is 12.7 Å². The predicted molar refractivity (Wildman–Crippen MR) is 81.5 cm³/mol. The van der Waals surface area contributed by atoms with Crippen LogP contribution in [0.25, 0.3) is 0 Å². The van der Waals surface area contributed by atoms with Crippen molar-refractivity contribution in [3.8, 4) is 6.07 Å². The Labute approximate surface area is 126 Å². The number of nitrogens with one attached hydrogen (secondary N) is 1. The van der Waals surface area contributed by atoms with Gasteiger partial charge in [0.25, 0.3) is 0 Å². The molecule has 21 heavy (non-hydrogen) atoms. The van der Waals surface area contributed by atoms with Crippen molar-refractivity contribution in [1.29, 1.82) is 5.26 Å². The van der Waals surface area contributed by atoms with Crippen LogP contribution < -0.4 is 10.2 Å². The molecule has 1 saturated heterocycles. The Morgan fingerprint density at radius 2 is 2.33 bits per heavy atom. The van der Waals surface area contributed by atoms with Crippen molar-refractivity contribution < 1.29 is 9.53 Å². The normalized spacial score (nSPS) is 13.9. The zero-order valence-corrected chi connectivity index (χ0v) is 12.0. The van der Waals surface area contributed by atoms with Gasteiger partial charge in [0.2, 0.25) is 0 Å². The molecule has 1 aliphatic rings. The molecule has 0 bridgehead atoms. The van der Waals surface area contributed by atoms with Crippen molar-refractivity contribution in [3.05, 3.63) is 46.2 Å². The minimum absolute atomic E-state index is 0.302. The van der Waals surface area contributed by atoms with E-state index in [1.54, 1.807) is 16.2 Å². The Balaban J connectivity index is 1.68. The average molecular weight is 299 g/mol. The van der Waals surface area contributed by atoms with E-state index in [9.17, 15) is 4.79 Å². The fourth-order valence-electron chi connectivity index (χ4n) is 2.13. The molecule has 3 rings (SSSR count). The van der Waals surface area contributed by atoms with Crippen molar-refractivity contribution in [1.82, 2.24) is 0 Å². The van der Waals surface area contributed by atoms with Crippen molar-refractivity contribution in [3.63, 3.8) is 0 Å². The molecule has 1 aromatic carbocycles. The van der Waals surface area contributed by atoms with Crippen molar-refractivity contribution in [2.45, 2.75) is 6.54 Å². The summed E-state index contributed by atoms with van der Waals surface area (Å²) in [5.74, 6) is 0. The number of carbonyl (C=O) groups excluding carboxylic acids is 1.